The molecular formula is C16H23NO5S. The number of amides is 1. The summed E-state index contributed by atoms with van der Waals surface area (Å²) >= 11 is 1.50. The second-order valence-corrected chi connectivity index (χ2v) is 6.41. The summed E-state index contributed by atoms with van der Waals surface area (Å²) in [7, 11) is 3.14. The number of rotatable bonds is 9. The minimum atomic E-state index is -1.01. The first-order valence-electron chi connectivity index (χ1n) is 7.26. The van der Waals surface area contributed by atoms with E-state index in [-0.39, 0.29) is 18.2 Å². The highest BCUT2D eigenvalue weighted by atomic mass is 32.2. The Balaban J connectivity index is 2.50. The van der Waals surface area contributed by atoms with Crippen LogP contribution in [0.15, 0.2) is 23.1 Å². The van der Waals surface area contributed by atoms with Crippen LogP contribution in [0.2, 0.25) is 0 Å². The third-order valence-electron chi connectivity index (χ3n) is 3.20. The largest absolute Gasteiger partial charge is 0.493 e. The van der Waals surface area contributed by atoms with Gasteiger partial charge in [0.05, 0.1) is 14.2 Å². The van der Waals surface area contributed by atoms with Crippen LogP contribution in [0.1, 0.15) is 20.3 Å². The number of benzene rings is 1. The van der Waals surface area contributed by atoms with E-state index in [1.165, 1.54) is 11.8 Å². The topological polar surface area (TPSA) is 84.9 Å². The fourth-order valence-electron chi connectivity index (χ4n) is 1.93. The van der Waals surface area contributed by atoms with E-state index in [4.69, 9.17) is 14.6 Å². The average molecular weight is 341 g/mol. The molecule has 1 aromatic rings. The van der Waals surface area contributed by atoms with E-state index >= 15 is 0 Å². The Morgan fingerprint density at radius 1 is 1.22 bits per heavy atom. The molecule has 1 rings (SSSR count). The normalized spacial score (nSPS) is 11.9. The summed E-state index contributed by atoms with van der Waals surface area (Å²) in [5.41, 5.74) is 0. The van der Waals surface area contributed by atoms with Gasteiger partial charge in [-0.05, 0) is 24.1 Å². The van der Waals surface area contributed by atoms with Gasteiger partial charge in [-0.25, -0.2) is 4.79 Å². The van der Waals surface area contributed by atoms with Crippen LogP contribution < -0.4 is 14.8 Å². The molecule has 128 valence electrons. The fraction of sp³-hybridized carbons (Fsp3) is 0.500. The van der Waals surface area contributed by atoms with Crippen LogP contribution in [0.25, 0.3) is 0 Å². The van der Waals surface area contributed by atoms with Gasteiger partial charge < -0.3 is 19.9 Å². The maximum Gasteiger partial charge on any atom is 0.326 e. The highest BCUT2D eigenvalue weighted by Crippen LogP contribution is 2.31. The molecule has 23 heavy (non-hydrogen) atoms. The molecule has 0 radical (unpaired) electrons. The maximum atomic E-state index is 11.8. The lowest BCUT2D eigenvalue weighted by atomic mass is 10.0. The number of hydrogen-bond donors (Lipinski definition) is 2. The third-order valence-corrected chi connectivity index (χ3v) is 4.20. The number of methoxy groups -OCH3 is 2. The lowest BCUT2D eigenvalue weighted by molar-refractivity contribution is -0.143. The highest BCUT2D eigenvalue weighted by Gasteiger charge is 2.23. The second-order valence-electron chi connectivity index (χ2n) is 5.24. The molecule has 1 atom stereocenters. The monoisotopic (exact) mass is 341 g/mol. The van der Waals surface area contributed by atoms with Crippen molar-refractivity contribution in [3.05, 3.63) is 18.2 Å². The summed E-state index contributed by atoms with van der Waals surface area (Å²) in [6, 6.07) is 4.68. The third kappa shape index (κ3) is 6.02. The molecule has 0 unspecified atom stereocenters. The van der Waals surface area contributed by atoms with Crippen molar-refractivity contribution < 1.29 is 24.2 Å². The lowest BCUT2D eigenvalue weighted by Crippen LogP contribution is -2.44. The molecule has 0 fully saturated rings. The van der Waals surface area contributed by atoms with E-state index in [0.29, 0.717) is 17.3 Å². The first-order chi connectivity index (χ1) is 10.9. The number of carboxylic acids is 1. The Kier molecular flexibility index (Phi) is 7.74. The molecule has 1 aromatic carbocycles. The molecular weight excluding hydrogens is 318 g/mol. The summed E-state index contributed by atoms with van der Waals surface area (Å²) in [6.07, 6.45) is 0.246. The highest BCUT2D eigenvalue weighted by molar-refractivity contribution is 7.99. The van der Waals surface area contributed by atoms with E-state index in [2.05, 4.69) is 5.32 Å². The van der Waals surface area contributed by atoms with Crippen molar-refractivity contribution in [2.24, 2.45) is 5.92 Å². The van der Waals surface area contributed by atoms with Gasteiger partial charge in [-0.3, -0.25) is 4.79 Å². The van der Waals surface area contributed by atoms with Crippen molar-refractivity contribution in [3.8, 4) is 11.5 Å². The molecule has 2 N–H and O–H groups in total. The number of thioether (sulfide) groups is 1. The molecule has 1 amide bonds. The van der Waals surface area contributed by atoms with Gasteiger partial charge in [0.15, 0.2) is 11.5 Å². The Morgan fingerprint density at radius 3 is 2.39 bits per heavy atom. The van der Waals surface area contributed by atoms with Gasteiger partial charge in [0, 0.05) is 17.1 Å². The summed E-state index contributed by atoms with van der Waals surface area (Å²) in [4.78, 5) is 23.9. The molecule has 0 heterocycles. The Labute approximate surface area is 140 Å². The molecule has 7 heteroatoms. The Hall–Kier alpha value is -1.89. The number of nitrogens with one attached hydrogen (secondary N) is 1. The van der Waals surface area contributed by atoms with Crippen molar-refractivity contribution in [2.45, 2.75) is 31.2 Å². The van der Waals surface area contributed by atoms with Gasteiger partial charge in [0.1, 0.15) is 6.04 Å². The maximum absolute atomic E-state index is 11.8. The van der Waals surface area contributed by atoms with Gasteiger partial charge in [-0.1, -0.05) is 13.8 Å². The molecule has 0 saturated carbocycles. The predicted octanol–water partition coefficient (Wildman–Crippen LogP) is 2.41. The first-order valence-corrected chi connectivity index (χ1v) is 8.24. The number of carboxylic acid groups (broad SMARTS) is 1. The zero-order valence-electron chi connectivity index (χ0n) is 13.8. The Bertz CT molecular complexity index is 547. The average Bonchev–Trinajstić information content (AvgIpc) is 2.51. The van der Waals surface area contributed by atoms with Gasteiger partial charge in [0.2, 0.25) is 5.91 Å². The number of aliphatic carboxylic acids is 1. The zero-order chi connectivity index (χ0) is 17.4. The molecule has 0 aliphatic rings. The van der Waals surface area contributed by atoms with Crippen LogP contribution in [-0.2, 0) is 9.59 Å². The molecule has 0 aliphatic carbocycles. The van der Waals surface area contributed by atoms with Gasteiger partial charge >= 0.3 is 5.97 Å². The summed E-state index contributed by atoms with van der Waals surface area (Å²) in [6.45, 7) is 3.52. The molecule has 0 bridgehead atoms. The summed E-state index contributed by atoms with van der Waals surface area (Å²) in [5, 5.41) is 11.6. The second kappa shape index (κ2) is 9.29. The van der Waals surface area contributed by atoms with Crippen molar-refractivity contribution in [1.82, 2.24) is 5.32 Å². The first kappa shape index (κ1) is 19.2. The van der Waals surface area contributed by atoms with Crippen LogP contribution in [0.4, 0.5) is 0 Å². The van der Waals surface area contributed by atoms with E-state index in [1.807, 2.05) is 12.1 Å². The minimum absolute atomic E-state index is 0.157. The minimum Gasteiger partial charge on any atom is -0.493 e. The van der Waals surface area contributed by atoms with Crippen LogP contribution >= 0.6 is 11.8 Å². The van der Waals surface area contributed by atoms with Crippen LogP contribution in [0.3, 0.4) is 0 Å². The van der Waals surface area contributed by atoms with E-state index in [1.54, 1.807) is 34.1 Å². The van der Waals surface area contributed by atoms with E-state index < -0.39 is 12.0 Å². The zero-order valence-corrected chi connectivity index (χ0v) is 14.6. The van der Waals surface area contributed by atoms with E-state index in [9.17, 15) is 9.59 Å². The molecule has 0 aliphatic heterocycles. The van der Waals surface area contributed by atoms with Gasteiger partial charge in [0.25, 0.3) is 0 Å². The smallest absolute Gasteiger partial charge is 0.326 e. The van der Waals surface area contributed by atoms with Crippen LogP contribution in [-0.4, -0.2) is 43.0 Å². The molecule has 6 nitrogen and oxygen atoms in total. The van der Waals surface area contributed by atoms with Gasteiger partial charge in [-0.15, -0.1) is 11.8 Å². The standard InChI is InChI=1S/C16H23NO5S/c1-10(2)15(16(19)20)17-14(18)7-8-23-11-5-6-12(21-3)13(9-11)22-4/h5-6,9-10,15H,7-8H2,1-4H3,(H,17,18)(H,19,20)/t15-/m1/s1. The van der Waals surface area contributed by atoms with Crippen LogP contribution in [0.5, 0.6) is 11.5 Å². The van der Waals surface area contributed by atoms with Gasteiger partial charge in [-0.2, -0.15) is 0 Å². The quantitative estimate of drug-likeness (QED) is 0.671. The number of carbonyl (C=O) groups is 2. The summed E-state index contributed by atoms with van der Waals surface area (Å²) in [5.74, 6) is 0.393. The Morgan fingerprint density at radius 2 is 1.87 bits per heavy atom. The lowest BCUT2D eigenvalue weighted by Gasteiger charge is -2.17. The number of ether oxygens (including phenoxy) is 2. The molecule has 0 aromatic heterocycles. The number of carbonyl (C=O) groups excluding carboxylic acids is 1. The van der Waals surface area contributed by atoms with Crippen molar-refractivity contribution in [1.29, 1.82) is 0 Å². The van der Waals surface area contributed by atoms with Crippen molar-refractivity contribution in [2.75, 3.05) is 20.0 Å². The van der Waals surface area contributed by atoms with Crippen molar-refractivity contribution >= 4 is 23.6 Å². The number of hydrogen-bond acceptors (Lipinski definition) is 5. The predicted molar refractivity (Wildman–Crippen MR) is 89.3 cm³/mol. The molecule has 0 spiro atoms. The SMILES string of the molecule is COc1ccc(SCCC(=O)N[C@@H](C(=O)O)C(C)C)cc1OC. The van der Waals surface area contributed by atoms with E-state index in [0.717, 1.165) is 4.90 Å². The van der Waals surface area contributed by atoms with Crippen LogP contribution in [0, 0.1) is 5.92 Å². The van der Waals surface area contributed by atoms with Crippen molar-refractivity contribution in [3.63, 3.8) is 0 Å². The fourth-order valence-corrected chi connectivity index (χ4v) is 2.80. The molecule has 0 saturated heterocycles. The summed E-state index contributed by atoms with van der Waals surface area (Å²) < 4.78 is 10.4.